The fourth-order valence-corrected chi connectivity index (χ4v) is 2.09. The quantitative estimate of drug-likeness (QED) is 0.772. The lowest BCUT2D eigenvalue weighted by Crippen LogP contribution is -2.45. The van der Waals surface area contributed by atoms with Crippen LogP contribution in [0.5, 0.6) is 0 Å². The van der Waals surface area contributed by atoms with E-state index in [0.717, 1.165) is 26.1 Å². The Hall–Kier alpha value is -1.46. The number of hydrogen-bond acceptors (Lipinski definition) is 4. The SMILES string of the molecule is CN(CCc1ccncc1)CC(=O)N1CCOCC1. The highest BCUT2D eigenvalue weighted by Crippen LogP contribution is 2.01. The first-order chi connectivity index (χ1) is 9.25. The summed E-state index contributed by atoms with van der Waals surface area (Å²) in [6.45, 7) is 4.11. The summed E-state index contributed by atoms with van der Waals surface area (Å²) >= 11 is 0. The van der Waals surface area contributed by atoms with Gasteiger partial charge in [-0.2, -0.15) is 0 Å². The standard InChI is InChI=1S/C14H21N3O2/c1-16(7-4-13-2-5-15-6-3-13)12-14(18)17-8-10-19-11-9-17/h2-3,5-6H,4,7-12H2,1H3. The van der Waals surface area contributed by atoms with Gasteiger partial charge in [-0.05, 0) is 31.2 Å². The van der Waals surface area contributed by atoms with Crippen molar-refractivity contribution in [2.24, 2.45) is 0 Å². The third-order valence-corrected chi connectivity index (χ3v) is 3.30. The molecule has 1 aliphatic rings. The lowest BCUT2D eigenvalue weighted by atomic mass is 10.2. The number of ether oxygens (including phenoxy) is 1. The van der Waals surface area contributed by atoms with E-state index in [2.05, 4.69) is 9.88 Å². The van der Waals surface area contributed by atoms with Crippen LogP contribution in [-0.4, -0.2) is 67.1 Å². The molecule has 1 aromatic heterocycles. The summed E-state index contributed by atoms with van der Waals surface area (Å²) in [6, 6.07) is 4.02. The van der Waals surface area contributed by atoms with E-state index in [-0.39, 0.29) is 5.91 Å². The molecule has 5 nitrogen and oxygen atoms in total. The van der Waals surface area contributed by atoms with E-state index in [1.54, 1.807) is 12.4 Å². The molecule has 5 heteroatoms. The van der Waals surface area contributed by atoms with Crippen LogP contribution in [0.25, 0.3) is 0 Å². The zero-order valence-corrected chi connectivity index (χ0v) is 11.4. The Bertz CT molecular complexity index is 391. The molecule has 0 atom stereocenters. The van der Waals surface area contributed by atoms with Crippen molar-refractivity contribution in [1.82, 2.24) is 14.8 Å². The molecule has 2 heterocycles. The molecule has 0 radical (unpaired) electrons. The van der Waals surface area contributed by atoms with Gasteiger partial charge in [0.1, 0.15) is 0 Å². The number of rotatable bonds is 5. The summed E-state index contributed by atoms with van der Waals surface area (Å²) in [4.78, 5) is 20.0. The number of amides is 1. The molecular formula is C14H21N3O2. The van der Waals surface area contributed by atoms with E-state index in [1.165, 1.54) is 5.56 Å². The molecule has 0 bridgehead atoms. The van der Waals surface area contributed by atoms with Crippen LogP contribution in [0.1, 0.15) is 5.56 Å². The first-order valence-corrected chi connectivity index (χ1v) is 6.68. The van der Waals surface area contributed by atoms with Gasteiger partial charge in [0.15, 0.2) is 0 Å². The highest BCUT2D eigenvalue weighted by Gasteiger charge is 2.17. The molecule has 0 spiro atoms. The van der Waals surface area contributed by atoms with Crippen LogP contribution in [0, 0.1) is 0 Å². The van der Waals surface area contributed by atoms with Gasteiger partial charge >= 0.3 is 0 Å². The molecule has 1 fully saturated rings. The van der Waals surface area contributed by atoms with Crippen LogP contribution in [-0.2, 0) is 16.0 Å². The predicted octanol–water partition coefficient (Wildman–Crippen LogP) is 0.415. The molecule has 0 saturated carbocycles. The van der Waals surface area contributed by atoms with Gasteiger partial charge in [0.25, 0.3) is 0 Å². The highest BCUT2D eigenvalue weighted by atomic mass is 16.5. The maximum absolute atomic E-state index is 12.0. The van der Waals surface area contributed by atoms with Crippen LogP contribution < -0.4 is 0 Å². The van der Waals surface area contributed by atoms with E-state index in [0.29, 0.717) is 19.8 Å². The summed E-state index contributed by atoms with van der Waals surface area (Å²) in [7, 11) is 1.99. The van der Waals surface area contributed by atoms with Crippen molar-refractivity contribution >= 4 is 5.91 Å². The Morgan fingerprint density at radius 2 is 2.05 bits per heavy atom. The van der Waals surface area contributed by atoms with Gasteiger partial charge in [-0.25, -0.2) is 0 Å². The Morgan fingerprint density at radius 3 is 2.74 bits per heavy atom. The normalized spacial score (nSPS) is 15.8. The molecule has 0 aromatic carbocycles. The maximum Gasteiger partial charge on any atom is 0.236 e. The topological polar surface area (TPSA) is 45.7 Å². The average molecular weight is 263 g/mol. The van der Waals surface area contributed by atoms with Crippen molar-refractivity contribution < 1.29 is 9.53 Å². The summed E-state index contributed by atoms with van der Waals surface area (Å²) in [5.74, 6) is 0.195. The number of pyridine rings is 1. The fraction of sp³-hybridized carbons (Fsp3) is 0.571. The minimum atomic E-state index is 0.195. The molecule has 1 saturated heterocycles. The van der Waals surface area contributed by atoms with Gasteiger partial charge in [-0.1, -0.05) is 0 Å². The number of carbonyl (C=O) groups is 1. The predicted molar refractivity (Wildman–Crippen MR) is 72.8 cm³/mol. The van der Waals surface area contributed by atoms with Gasteiger partial charge in [-0.15, -0.1) is 0 Å². The molecule has 1 aromatic rings. The lowest BCUT2D eigenvalue weighted by molar-refractivity contribution is -0.136. The van der Waals surface area contributed by atoms with Crippen molar-refractivity contribution in [3.8, 4) is 0 Å². The lowest BCUT2D eigenvalue weighted by Gasteiger charge is -2.28. The summed E-state index contributed by atoms with van der Waals surface area (Å²) in [6.07, 6.45) is 4.54. The summed E-state index contributed by atoms with van der Waals surface area (Å²) < 4.78 is 5.25. The molecule has 1 amide bonds. The largest absolute Gasteiger partial charge is 0.378 e. The monoisotopic (exact) mass is 263 g/mol. The first kappa shape index (κ1) is 14.0. The summed E-state index contributed by atoms with van der Waals surface area (Å²) in [5.41, 5.74) is 1.25. The first-order valence-electron chi connectivity index (χ1n) is 6.68. The van der Waals surface area contributed by atoms with Gasteiger partial charge in [0, 0.05) is 32.0 Å². The van der Waals surface area contributed by atoms with Crippen LogP contribution >= 0.6 is 0 Å². The van der Waals surface area contributed by atoms with E-state index < -0.39 is 0 Å². The smallest absolute Gasteiger partial charge is 0.236 e. The van der Waals surface area contributed by atoms with E-state index in [1.807, 2.05) is 24.1 Å². The zero-order valence-electron chi connectivity index (χ0n) is 11.4. The number of nitrogens with zero attached hydrogens (tertiary/aromatic N) is 3. The molecule has 0 unspecified atom stereocenters. The summed E-state index contributed by atoms with van der Waals surface area (Å²) in [5, 5.41) is 0. The Labute approximate surface area is 114 Å². The van der Waals surface area contributed by atoms with Gasteiger partial charge < -0.3 is 9.64 Å². The number of likely N-dealkylation sites (N-methyl/N-ethyl adjacent to an activating group) is 1. The number of hydrogen-bond donors (Lipinski definition) is 0. The Balaban J connectivity index is 1.71. The van der Waals surface area contributed by atoms with E-state index >= 15 is 0 Å². The van der Waals surface area contributed by atoms with Crippen LogP contribution in [0.2, 0.25) is 0 Å². The molecule has 104 valence electrons. The molecule has 19 heavy (non-hydrogen) atoms. The molecule has 2 rings (SSSR count). The van der Waals surface area contributed by atoms with Crippen molar-refractivity contribution in [3.63, 3.8) is 0 Å². The van der Waals surface area contributed by atoms with Gasteiger partial charge in [0.2, 0.25) is 5.91 Å². The third kappa shape index (κ3) is 4.61. The second-order valence-corrected chi connectivity index (χ2v) is 4.84. The molecular weight excluding hydrogens is 242 g/mol. The maximum atomic E-state index is 12.0. The molecule has 0 aliphatic carbocycles. The van der Waals surface area contributed by atoms with Crippen molar-refractivity contribution in [2.45, 2.75) is 6.42 Å². The second kappa shape index (κ2) is 7.21. The van der Waals surface area contributed by atoms with Crippen LogP contribution in [0.3, 0.4) is 0 Å². The van der Waals surface area contributed by atoms with Crippen molar-refractivity contribution in [2.75, 3.05) is 46.4 Å². The fourth-order valence-electron chi connectivity index (χ4n) is 2.09. The van der Waals surface area contributed by atoms with Gasteiger partial charge in [-0.3, -0.25) is 14.7 Å². The average Bonchev–Trinajstić information content (AvgIpc) is 2.47. The second-order valence-electron chi connectivity index (χ2n) is 4.84. The van der Waals surface area contributed by atoms with Crippen LogP contribution in [0.15, 0.2) is 24.5 Å². The minimum absolute atomic E-state index is 0.195. The van der Waals surface area contributed by atoms with E-state index in [4.69, 9.17) is 4.74 Å². The third-order valence-electron chi connectivity index (χ3n) is 3.30. The Kier molecular flexibility index (Phi) is 5.30. The van der Waals surface area contributed by atoms with Crippen molar-refractivity contribution in [1.29, 1.82) is 0 Å². The molecule has 1 aliphatic heterocycles. The molecule has 0 N–H and O–H groups in total. The minimum Gasteiger partial charge on any atom is -0.378 e. The number of morpholine rings is 1. The highest BCUT2D eigenvalue weighted by molar-refractivity contribution is 5.78. The van der Waals surface area contributed by atoms with Gasteiger partial charge in [0.05, 0.1) is 19.8 Å². The van der Waals surface area contributed by atoms with E-state index in [9.17, 15) is 4.79 Å². The Morgan fingerprint density at radius 1 is 1.37 bits per heavy atom. The number of carbonyl (C=O) groups excluding carboxylic acids is 1. The van der Waals surface area contributed by atoms with Crippen LogP contribution in [0.4, 0.5) is 0 Å². The van der Waals surface area contributed by atoms with Crippen molar-refractivity contribution in [3.05, 3.63) is 30.1 Å². The zero-order chi connectivity index (χ0) is 13.5. The number of aromatic nitrogens is 1.